The van der Waals surface area contributed by atoms with Crippen molar-refractivity contribution in [3.8, 4) is 11.1 Å². The Morgan fingerprint density at radius 1 is 1.00 bits per heavy atom. The summed E-state index contributed by atoms with van der Waals surface area (Å²) in [5.41, 5.74) is 5.43. The molecule has 0 aliphatic carbocycles. The third kappa shape index (κ3) is 3.10. The lowest BCUT2D eigenvalue weighted by Gasteiger charge is -2.20. The maximum atomic E-state index is 6.07. The molecule has 0 heterocycles. The van der Waals surface area contributed by atoms with Crippen LogP contribution >= 0.6 is 11.6 Å². The first-order valence-corrected chi connectivity index (χ1v) is 8.22. The van der Waals surface area contributed by atoms with Gasteiger partial charge in [0.1, 0.15) is 0 Å². The molecule has 2 rings (SSSR count). The standard InChI is InChI=1S/C17H21ClSi/c1-17(2,3)14-9-7-12(8-10-14)16-13(11-18)5-4-6-15(16)19/h4-10H,11H2,1-3,19H3. The fraction of sp³-hybridized carbons (Fsp3) is 0.294. The molecule has 0 aromatic heterocycles. The molecule has 0 spiro atoms. The third-order valence-electron chi connectivity index (χ3n) is 3.54. The Morgan fingerprint density at radius 3 is 2.16 bits per heavy atom. The number of hydrogen-bond donors (Lipinski definition) is 0. The molecule has 0 nitrogen and oxygen atoms in total. The Kier molecular flexibility index (Phi) is 4.17. The molecule has 0 N–H and O–H groups in total. The summed E-state index contributed by atoms with van der Waals surface area (Å²) in [4.78, 5) is 0. The molecule has 0 amide bonds. The molecule has 0 radical (unpaired) electrons. The SMILES string of the molecule is CC(C)(C)c1ccc(-c2c([SiH3])cccc2CCl)cc1. The predicted octanol–water partition coefficient (Wildman–Crippen LogP) is 3.38. The van der Waals surface area contributed by atoms with Crippen LogP contribution < -0.4 is 5.19 Å². The van der Waals surface area contributed by atoms with Crippen LogP contribution in [0.1, 0.15) is 31.9 Å². The molecule has 0 saturated heterocycles. The van der Waals surface area contributed by atoms with E-state index in [0.29, 0.717) is 5.88 Å². The van der Waals surface area contributed by atoms with Crippen molar-refractivity contribution < 1.29 is 0 Å². The number of alkyl halides is 1. The van der Waals surface area contributed by atoms with Crippen LogP contribution in [-0.2, 0) is 11.3 Å². The van der Waals surface area contributed by atoms with E-state index in [1.54, 1.807) is 0 Å². The van der Waals surface area contributed by atoms with Crippen LogP contribution in [0, 0.1) is 0 Å². The summed E-state index contributed by atoms with van der Waals surface area (Å²) in [6, 6.07) is 15.4. The molecule has 0 atom stereocenters. The van der Waals surface area contributed by atoms with Crippen LogP contribution in [0.4, 0.5) is 0 Å². The van der Waals surface area contributed by atoms with Gasteiger partial charge in [-0.15, -0.1) is 11.6 Å². The first-order chi connectivity index (χ1) is 8.93. The highest BCUT2D eigenvalue weighted by Crippen LogP contribution is 2.27. The first-order valence-electron chi connectivity index (χ1n) is 6.69. The van der Waals surface area contributed by atoms with E-state index in [9.17, 15) is 0 Å². The van der Waals surface area contributed by atoms with E-state index in [2.05, 4.69) is 63.2 Å². The number of hydrogen-bond acceptors (Lipinski definition) is 0. The van der Waals surface area contributed by atoms with E-state index in [4.69, 9.17) is 11.6 Å². The summed E-state index contributed by atoms with van der Waals surface area (Å²) in [6.45, 7) is 6.73. The molecule has 100 valence electrons. The Labute approximate surface area is 124 Å². The molecule has 0 fully saturated rings. The van der Waals surface area contributed by atoms with E-state index in [1.807, 2.05) is 0 Å². The lowest BCUT2D eigenvalue weighted by atomic mass is 9.86. The minimum absolute atomic E-state index is 0.203. The van der Waals surface area contributed by atoms with Crippen molar-refractivity contribution in [3.05, 3.63) is 53.6 Å². The summed E-state index contributed by atoms with van der Waals surface area (Å²) in [7, 11) is 1.04. The lowest BCUT2D eigenvalue weighted by molar-refractivity contribution is 0.590. The molecule has 2 aromatic carbocycles. The monoisotopic (exact) mass is 288 g/mol. The van der Waals surface area contributed by atoms with Gasteiger partial charge in [0.2, 0.25) is 0 Å². The number of halogens is 1. The van der Waals surface area contributed by atoms with Crippen molar-refractivity contribution in [2.45, 2.75) is 32.1 Å². The summed E-state index contributed by atoms with van der Waals surface area (Å²) < 4.78 is 0. The van der Waals surface area contributed by atoms with Crippen molar-refractivity contribution in [2.75, 3.05) is 0 Å². The van der Waals surface area contributed by atoms with Crippen molar-refractivity contribution in [1.29, 1.82) is 0 Å². The largest absolute Gasteiger partial charge is 0.122 e. The Hall–Kier alpha value is -1.05. The van der Waals surface area contributed by atoms with E-state index >= 15 is 0 Å². The van der Waals surface area contributed by atoms with Crippen LogP contribution in [0.15, 0.2) is 42.5 Å². The smallest absolute Gasteiger partial charge is 0.0480 e. The second-order valence-corrected chi connectivity index (χ2v) is 7.41. The lowest BCUT2D eigenvalue weighted by Crippen LogP contribution is -2.12. The predicted molar refractivity (Wildman–Crippen MR) is 89.7 cm³/mol. The first kappa shape index (κ1) is 14.4. The van der Waals surface area contributed by atoms with Gasteiger partial charge in [-0.1, -0.05) is 68.4 Å². The van der Waals surface area contributed by atoms with Crippen LogP contribution in [0.5, 0.6) is 0 Å². The van der Waals surface area contributed by atoms with Gasteiger partial charge in [0.15, 0.2) is 0 Å². The zero-order valence-corrected chi connectivity index (χ0v) is 14.9. The molecule has 2 heteroatoms. The van der Waals surface area contributed by atoms with Gasteiger partial charge in [0, 0.05) is 16.1 Å². The molecule has 2 aromatic rings. The molecule has 0 aliphatic rings. The molecule has 0 saturated carbocycles. The van der Waals surface area contributed by atoms with Crippen molar-refractivity contribution in [3.63, 3.8) is 0 Å². The quantitative estimate of drug-likeness (QED) is 0.587. The normalized spacial score (nSPS) is 11.8. The van der Waals surface area contributed by atoms with Gasteiger partial charge >= 0.3 is 0 Å². The van der Waals surface area contributed by atoms with Crippen molar-refractivity contribution in [1.82, 2.24) is 0 Å². The zero-order valence-electron chi connectivity index (χ0n) is 12.1. The maximum absolute atomic E-state index is 6.07. The van der Waals surface area contributed by atoms with E-state index in [-0.39, 0.29) is 5.41 Å². The summed E-state index contributed by atoms with van der Waals surface area (Å²) >= 11 is 6.07. The topological polar surface area (TPSA) is 0 Å². The van der Waals surface area contributed by atoms with Crippen LogP contribution in [-0.4, -0.2) is 10.2 Å². The van der Waals surface area contributed by atoms with Crippen LogP contribution in [0.25, 0.3) is 11.1 Å². The Morgan fingerprint density at radius 2 is 1.63 bits per heavy atom. The van der Waals surface area contributed by atoms with Crippen LogP contribution in [0.3, 0.4) is 0 Å². The zero-order chi connectivity index (χ0) is 14.0. The van der Waals surface area contributed by atoms with Crippen molar-refractivity contribution >= 4 is 27.0 Å². The van der Waals surface area contributed by atoms with Gasteiger partial charge in [0.25, 0.3) is 0 Å². The molecule has 0 bridgehead atoms. The van der Waals surface area contributed by atoms with Gasteiger partial charge in [-0.25, -0.2) is 0 Å². The minimum atomic E-state index is 0.203. The average Bonchev–Trinajstić information content (AvgIpc) is 2.37. The molecule has 0 unspecified atom stereocenters. The molecular formula is C17H21ClSi. The Balaban J connectivity index is 2.49. The highest BCUT2D eigenvalue weighted by Gasteiger charge is 2.14. The molecule has 0 aliphatic heterocycles. The van der Waals surface area contributed by atoms with E-state index in [0.717, 1.165) is 10.2 Å². The molecule has 19 heavy (non-hydrogen) atoms. The second kappa shape index (κ2) is 5.52. The Bertz CT molecular complexity index is 565. The van der Waals surface area contributed by atoms with Gasteiger partial charge in [-0.2, -0.15) is 0 Å². The highest BCUT2D eigenvalue weighted by molar-refractivity contribution is 6.36. The number of benzene rings is 2. The fourth-order valence-electron chi connectivity index (χ4n) is 2.39. The van der Waals surface area contributed by atoms with Crippen molar-refractivity contribution in [2.24, 2.45) is 0 Å². The fourth-order valence-corrected chi connectivity index (χ4v) is 3.41. The van der Waals surface area contributed by atoms with Gasteiger partial charge in [-0.3, -0.25) is 0 Å². The molecular weight excluding hydrogens is 268 g/mol. The van der Waals surface area contributed by atoms with Gasteiger partial charge < -0.3 is 0 Å². The summed E-state index contributed by atoms with van der Waals surface area (Å²) in [5.74, 6) is 0.576. The second-order valence-electron chi connectivity index (χ2n) is 6.07. The summed E-state index contributed by atoms with van der Waals surface area (Å²) in [5, 5.41) is 1.42. The average molecular weight is 289 g/mol. The maximum Gasteiger partial charge on any atom is 0.0480 e. The highest BCUT2D eigenvalue weighted by atomic mass is 35.5. The minimum Gasteiger partial charge on any atom is -0.122 e. The van der Waals surface area contributed by atoms with E-state index in [1.165, 1.54) is 27.4 Å². The summed E-state index contributed by atoms with van der Waals surface area (Å²) in [6.07, 6.45) is 0. The number of rotatable bonds is 2. The third-order valence-corrected chi connectivity index (χ3v) is 4.66. The van der Waals surface area contributed by atoms with Crippen LogP contribution in [0.2, 0.25) is 0 Å². The van der Waals surface area contributed by atoms with E-state index < -0.39 is 0 Å². The van der Waals surface area contributed by atoms with Gasteiger partial charge in [0.05, 0.1) is 0 Å². The van der Waals surface area contributed by atoms with Gasteiger partial charge in [-0.05, 0) is 27.7 Å².